The predicted molar refractivity (Wildman–Crippen MR) is 63.7 cm³/mol. The molecular weight excluding hydrogens is 210 g/mol. The molecule has 0 aliphatic carbocycles. The van der Waals surface area contributed by atoms with Crippen LogP contribution in [0.2, 0.25) is 0 Å². The molecular formula is C11H23NO2S. The van der Waals surface area contributed by atoms with Gasteiger partial charge in [0.05, 0.1) is 11.5 Å². The van der Waals surface area contributed by atoms with Crippen molar-refractivity contribution in [2.45, 2.75) is 52.1 Å². The predicted octanol–water partition coefficient (Wildman–Crippen LogP) is 1.59. The summed E-state index contributed by atoms with van der Waals surface area (Å²) < 4.78 is 22.8. The zero-order valence-corrected chi connectivity index (χ0v) is 11.0. The maximum atomic E-state index is 11.4. The first-order chi connectivity index (χ1) is 6.72. The van der Waals surface area contributed by atoms with Crippen LogP contribution in [0.1, 0.15) is 40.5 Å². The van der Waals surface area contributed by atoms with Crippen LogP contribution in [-0.2, 0) is 9.84 Å². The molecule has 0 spiro atoms. The van der Waals surface area contributed by atoms with Crippen LogP contribution in [0.3, 0.4) is 0 Å². The molecule has 2 unspecified atom stereocenters. The van der Waals surface area contributed by atoms with Crippen LogP contribution < -0.4 is 5.32 Å². The molecule has 4 heteroatoms. The zero-order valence-electron chi connectivity index (χ0n) is 10.2. The molecule has 2 atom stereocenters. The molecule has 1 fully saturated rings. The number of hydrogen-bond donors (Lipinski definition) is 1. The summed E-state index contributed by atoms with van der Waals surface area (Å²) in [5.74, 6) is 1.28. The maximum absolute atomic E-state index is 11.4. The van der Waals surface area contributed by atoms with Gasteiger partial charge in [0.1, 0.15) is 0 Å². The van der Waals surface area contributed by atoms with Crippen molar-refractivity contribution in [3.05, 3.63) is 0 Å². The largest absolute Gasteiger partial charge is 0.308 e. The normalized spacial score (nSPS) is 32.1. The summed E-state index contributed by atoms with van der Waals surface area (Å²) in [6, 6.07) is 0.392. The van der Waals surface area contributed by atoms with Crippen molar-refractivity contribution < 1.29 is 8.42 Å². The first-order valence-electron chi connectivity index (χ1n) is 5.71. The Hall–Kier alpha value is -0.0900. The Morgan fingerprint density at radius 1 is 1.33 bits per heavy atom. The monoisotopic (exact) mass is 233 g/mol. The van der Waals surface area contributed by atoms with Crippen molar-refractivity contribution in [1.29, 1.82) is 0 Å². The fourth-order valence-corrected chi connectivity index (χ4v) is 4.59. The molecule has 0 aromatic carbocycles. The minimum atomic E-state index is -2.79. The summed E-state index contributed by atoms with van der Waals surface area (Å²) >= 11 is 0. The first kappa shape index (κ1) is 13.0. The summed E-state index contributed by atoms with van der Waals surface area (Å²) in [7, 11) is -2.79. The van der Waals surface area contributed by atoms with E-state index in [-0.39, 0.29) is 5.54 Å². The van der Waals surface area contributed by atoms with Crippen molar-refractivity contribution in [2.75, 3.05) is 11.5 Å². The van der Waals surface area contributed by atoms with Gasteiger partial charge in [0, 0.05) is 11.6 Å². The third kappa shape index (κ3) is 4.11. The van der Waals surface area contributed by atoms with Crippen LogP contribution in [0.5, 0.6) is 0 Å². The Morgan fingerprint density at radius 3 is 2.33 bits per heavy atom. The molecule has 0 bridgehead atoms. The Morgan fingerprint density at radius 2 is 1.93 bits per heavy atom. The van der Waals surface area contributed by atoms with Gasteiger partial charge in [-0.1, -0.05) is 13.8 Å². The smallest absolute Gasteiger partial charge is 0.152 e. The summed E-state index contributed by atoms with van der Waals surface area (Å²) in [5.41, 5.74) is -0.201. The summed E-state index contributed by atoms with van der Waals surface area (Å²) in [4.78, 5) is 0. The van der Waals surface area contributed by atoms with Gasteiger partial charge in [-0.15, -0.1) is 0 Å². The van der Waals surface area contributed by atoms with Crippen LogP contribution in [0.25, 0.3) is 0 Å². The Labute approximate surface area is 93.6 Å². The Bertz CT molecular complexity index is 311. The number of sulfone groups is 1. The van der Waals surface area contributed by atoms with Crippen LogP contribution >= 0.6 is 0 Å². The van der Waals surface area contributed by atoms with Crippen LogP contribution in [0.15, 0.2) is 0 Å². The van der Waals surface area contributed by atoms with Crippen LogP contribution in [0.4, 0.5) is 0 Å². The van der Waals surface area contributed by atoms with E-state index >= 15 is 0 Å². The average Bonchev–Trinajstić information content (AvgIpc) is 2.22. The van der Waals surface area contributed by atoms with E-state index < -0.39 is 9.84 Å². The van der Waals surface area contributed by atoms with Crippen molar-refractivity contribution >= 4 is 9.84 Å². The van der Waals surface area contributed by atoms with Crippen LogP contribution in [0, 0.1) is 5.92 Å². The third-order valence-corrected chi connectivity index (χ3v) is 4.83. The van der Waals surface area contributed by atoms with E-state index in [0.717, 1.165) is 12.8 Å². The average molecular weight is 233 g/mol. The van der Waals surface area contributed by atoms with Gasteiger partial charge >= 0.3 is 0 Å². The van der Waals surface area contributed by atoms with Gasteiger partial charge in [0.15, 0.2) is 9.84 Å². The van der Waals surface area contributed by atoms with Gasteiger partial charge in [-0.2, -0.15) is 0 Å². The second kappa shape index (κ2) is 4.42. The molecule has 15 heavy (non-hydrogen) atoms. The lowest BCUT2D eigenvalue weighted by molar-refractivity contribution is 0.321. The molecule has 1 rings (SSSR count). The van der Waals surface area contributed by atoms with E-state index in [1.165, 1.54) is 0 Å². The summed E-state index contributed by atoms with van der Waals surface area (Å²) in [6.07, 6.45) is 1.84. The van der Waals surface area contributed by atoms with E-state index in [4.69, 9.17) is 0 Å². The van der Waals surface area contributed by atoms with E-state index in [1.807, 2.05) is 6.92 Å². The number of nitrogens with one attached hydrogen (secondary N) is 1. The highest BCUT2D eigenvalue weighted by Gasteiger charge is 2.38. The highest BCUT2D eigenvalue weighted by Crippen LogP contribution is 2.24. The second-order valence-electron chi connectivity index (χ2n) is 5.58. The minimum Gasteiger partial charge on any atom is -0.308 e. The van der Waals surface area contributed by atoms with Crippen molar-refractivity contribution in [3.63, 3.8) is 0 Å². The summed E-state index contributed by atoms with van der Waals surface area (Å²) in [5, 5.41) is 3.46. The molecule has 1 aliphatic heterocycles. The van der Waals surface area contributed by atoms with Gasteiger partial charge in [-0.05, 0) is 32.6 Å². The number of rotatable bonds is 4. The molecule has 0 radical (unpaired) electrons. The van der Waals surface area contributed by atoms with Gasteiger partial charge in [-0.3, -0.25) is 0 Å². The lowest BCUT2D eigenvalue weighted by Gasteiger charge is -2.29. The lowest BCUT2D eigenvalue weighted by atomic mass is 9.97. The Balaban J connectivity index is 2.51. The summed E-state index contributed by atoms with van der Waals surface area (Å²) in [6.45, 7) is 8.53. The lowest BCUT2D eigenvalue weighted by Crippen LogP contribution is -2.48. The maximum Gasteiger partial charge on any atom is 0.152 e. The zero-order chi connectivity index (χ0) is 11.7. The van der Waals surface area contributed by atoms with Crippen LogP contribution in [-0.4, -0.2) is 31.5 Å². The SMILES string of the molecule is CC(C)CC(C)NC1(C)CCS(=O)(=O)C1. The first-order valence-corrected chi connectivity index (χ1v) is 7.53. The van der Waals surface area contributed by atoms with Gasteiger partial charge < -0.3 is 5.32 Å². The molecule has 0 aromatic heterocycles. The number of hydrogen-bond acceptors (Lipinski definition) is 3. The molecule has 1 N–H and O–H groups in total. The van der Waals surface area contributed by atoms with Crippen molar-refractivity contribution in [1.82, 2.24) is 5.32 Å². The van der Waals surface area contributed by atoms with Gasteiger partial charge in [0.2, 0.25) is 0 Å². The molecule has 1 aliphatic rings. The standard InChI is InChI=1S/C11H23NO2S/c1-9(2)7-10(3)12-11(4)5-6-15(13,14)8-11/h9-10,12H,5-8H2,1-4H3. The second-order valence-corrected chi connectivity index (χ2v) is 7.76. The molecule has 3 nitrogen and oxygen atoms in total. The Kier molecular flexibility index (Phi) is 3.82. The van der Waals surface area contributed by atoms with Gasteiger partial charge in [0.25, 0.3) is 0 Å². The highest BCUT2D eigenvalue weighted by atomic mass is 32.2. The molecule has 1 saturated heterocycles. The molecule has 0 aromatic rings. The molecule has 0 amide bonds. The van der Waals surface area contributed by atoms with Crippen molar-refractivity contribution in [2.24, 2.45) is 5.92 Å². The third-order valence-electron chi connectivity index (χ3n) is 2.92. The van der Waals surface area contributed by atoms with E-state index in [0.29, 0.717) is 23.5 Å². The van der Waals surface area contributed by atoms with E-state index in [9.17, 15) is 8.42 Å². The fraction of sp³-hybridized carbons (Fsp3) is 1.00. The van der Waals surface area contributed by atoms with Crippen molar-refractivity contribution in [3.8, 4) is 0 Å². The fourth-order valence-electron chi connectivity index (χ4n) is 2.49. The van der Waals surface area contributed by atoms with E-state index in [2.05, 4.69) is 26.1 Å². The van der Waals surface area contributed by atoms with E-state index in [1.54, 1.807) is 0 Å². The topological polar surface area (TPSA) is 46.2 Å². The molecule has 1 heterocycles. The van der Waals surface area contributed by atoms with Gasteiger partial charge in [-0.25, -0.2) is 8.42 Å². The minimum absolute atomic E-state index is 0.201. The molecule has 0 saturated carbocycles. The molecule has 90 valence electrons. The highest BCUT2D eigenvalue weighted by molar-refractivity contribution is 7.91. The quantitative estimate of drug-likeness (QED) is 0.802.